The summed E-state index contributed by atoms with van der Waals surface area (Å²) in [6, 6.07) is 10.1. The third kappa shape index (κ3) is 4.57. The Morgan fingerprint density at radius 3 is 2.55 bits per heavy atom. The number of anilines is 1. The molecule has 1 aliphatic rings. The largest absolute Gasteiger partial charge is 0.416 e. The van der Waals surface area contributed by atoms with Crippen molar-refractivity contribution in [2.75, 3.05) is 18.0 Å². The summed E-state index contributed by atoms with van der Waals surface area (Å²) in [6.45, 7) is 1.17. The molecule has 1 fully saturated rings. The summed E-state index contributed by atoms with van der Waals surface area (Å²) in [7, 11) is 0. The summed E-state index contributed by atoms with van der Waals surface area (Å²) < 4.78 is 39.5. The first-order valence-electron chi connectivity index (χ1n) is 9.70. The Morgan fingerprint density at radius 2 is 1.84 bits per heavy atom. The topological polar surface area (TPSA) is 45.2 Å². The normalized spacial score (nSPS) is 15.3. The van der Waals surface area contributed by atoms with Crippen molar-refractivity contribution in [3.05, 3.63) is 69.8 Å². The highest BCUT2D eigenvalue weighted by atomic mass is 35.5. The smallest absolute Gasteiger partial charge is 0.371 e. The van der Waals surface area contributed by atoms with Crippen LogP contribution in [0.15, 0.2) is 48.7 Å². The maximum Gasteiger partial charge on any atom is 0.416 e. The fourth-order valence-electron chi connectivity index (χ4n) is 3.79. The van der Waals surface area contributed by atoms with Crippen molar-refractivity contribution in [3.8, 4) is 0 Å². The molecule has 0 radical (unpaired) electrons. The molecule has 0 bridgehead atoms. The molecule has 9 heteroatoms. The zero-order chi connectivity index (χ0) is 22.2. The Labute approximate surface area is 187 Å². The van der Waals surface area contributed by atoms with E-state index in [9.17, 15) is 18.0 Å². The SMILES string of the molecule is O=C(NC1CCN(c2ccnc3ccc(C(F)(F)F)cc23)CC1)c1cccc(Cl)c1Cl. The van der Waals surface area contributed by atoms with Gasteiger partial charge in [0.2, 0.25) is 0 Å². The molecule has 3 aromatic rings. The van der Waals surface area contributed by atoms with Crippen molar-refractivity contribution in [2.45, 2.75) is 25.1 Å². The fraction of sp³-hybridized carbons (Fsp3) is 0.273. The van der Waals surface area contributed by atoms with Gasteiger partial charge in [-0.3, -0.25) is 9.78 Å². The monoisotopic (exact) mass is 467 g/mol. The van der Waals surface area contributed by atoms with Gasteiger partial charge in [0.25, 0.3) is 5.91 Å². The van der Waals surface area contributed by atoms with E-state index in [1.165, 1.54) is 6.07 Å². The number of amides is 1. The van der Waals surface area contributed by atoms with E-state index in [2.05, 4.69) is 10.3 Å². The second-order valence-corrected chi connectivity index (χ2v) is 8.18. The van der Waals surface area contributed by atoms with E-state index in [0.29, 0.717) is 53.1 Å². The van der Waals surface area contributed by atoms with Gasteiger partial charge in [-0.15, -0.1) is 0 Å². The Balaban J connectivity index is 1.48. The molecule has 0 unspecified atom stereocenters. The molecule has 1 saturated heterocycles. The van der Waals surface area contributed by atoms with E-state index in [-0.39, 0.29) is 17.0 Å². The van der Waals surface area contributed by atoms with Crippen molar-refractivity contribution in [1.82, 2.24) is 10.3 Å². The lowest BCUT2D eigenvalue weighted by molar-refractivity contribution is -0.137. The first kappa shape index (κ1) is 21.7. The number of carbonyl (C=O) groups is 1. The number of aromatic nitrogens is 1. The molecule has 1 aromatic heterocycles. The number of nitrogens with zero attached hydrogens (tertiary/aromatic N) is 2. The van der Waals surface area contributed by atoms with E-state index in [4.69, 9.17) is 23.2 Å². The second kappa shape index (κ2) is 8.55. The number of nitrogens with one attached hydrogen (secondary N) is 1. The predicted molar refractivity (Wildman–Crippen MR) is 116 cm³/mol. The average Bonchev–Trinajstić information content (AvgIpc) is 2.75. The molecule has 162 valence electrons. The lowest BCUT2D eigenvalue weighted by Gasteiger charge is -2.34. The van der Waals surface area contributed by atoms with Crippen LogP contribution in [-0.2, 0) is 6.18 Å². The molecule has 2 aromatic carbocycles. The minimum atomic E-state index is -4.42. The number of hydrogen-bond acceptors (Lipinski definition) is 3. The Morgan fingerprint density at radius 1 is 1.10 bits per heavy atom. The average molecular weight is 468 g/mol. The van der Waals surface area contributed by atoms with Crippen molar-refractivity contribution >= 4 is 45.7 Å². The maximum atomic E-state index is 13.2. The number of rotatable bonds is 3. The highest BCUT2D eigenvalue weighted by Crippen LogP contribution is 2.35. The highest BCUT2D eigenvalue weighted by Gasteiger charge is 2.31. The van der Waals surface area contributed by atoms with Gasteiger partial charge in [-0.25, -0.2) is 0 Å². The predicted octanol–water partition coefficient (Wildman–Crippen LogP) is 5.96. The van der Waals surface area contributed by atoms with E-state index in [1.807, 2.05) is 4.90 Å². The third-order valence-electron chi connectivity index (χ3n) is 5.41. The van der Waals surface area contributed by atoms with Gasteiger partial charge in [0.15, 0.2) is 0 Å². The number of piperidine rings is 1. The number of fused-ring (bicyclic) bond motifs is 1. The van der Waals surface area contributed by atoms with Crippen LogP contribution in [0.2, 0.25) is 10.0 Å². The zero-order valence-electron chi connectivity index (χ0n) is 16.2. The highest BCUT2D eigenvalue weighted by molar-refractivity contribution is 6.43. The minimum absolute atomic E-state index is 0.0716. The van der Waals surface area contributed by atoms with Crippen molar-refractivity contribution in [2.24, 2.45) is 0 Å². The number of carbonyl (C=O) groups excluding carboxylic acids is 1. The summed E-state index contributed by atoms with van der Waals surface area (Å²) in [5, 5.41) is 3.96. The first-order chi connectivity index (χ1) is 14.7. The van der Waals surface area contributed by atoms with Crippen LogP contribution in [0.1, 0.15) is 28.8 Å². The molecule has 0 atom stereocenters. The molecule has 1 amide bonds. The van der Waals surface area contributed by atoms with Gasteiger partial charge in [-0.1, -0.05) is 29.3 Å². The summed E-state index contributed by atoms with van der Waals surface area (Å²) in [4.78, 5) is 18.8. The van der Waals surface area contributed by atoms with E-state index >= 15 is 0 Å². The molecular weight excluding hydrogens is 450 g/mol. The van der Waals surface area contributed by atoms with E-state index in [1.54, 1.807) is 30.5 Å². The molecule has 0 spiro atoms. The van der Waals surface area contributed by atoms with Gasteiger partial charge in [0, 0.05) is 36.4 Å². The van der Waals surface area contributed by atoms with Gasteiger partial charge >= 0.3 is 6.18 Å². The van der Waals surface area contributed by atoms with Crippen LogP contribution in [0, 0.1) is 0 Å². The fourth-order valence-corrected chi connectivity index (χ4v) is 4.18. The van der Waals surface area contributed by atoms with Gasteiger partial charge < -0.3 is 10.2 Å². The molecule has 31 heavy (non-hydrogen) atoms. The quantitative estimate of drug-likeness (QED) is 0.516. The number of pyridine rings is 1. The maximum absolute atomic E-state index is 13.2. The van der Waals surface area contributed by atoms with Crippen LogP contribution in [0.4, 0.5) is 18.9 Å². The lowest BCUT2D eigenvalue weighted by Crippen LogP contribution is -2.44. The summed E-state index contributed by atoms with van der Waals surface area (Å²) >= 11 is 12.1. The molecular formula is C22H18Cl2F3N3O. The van der Waals surface area contributed by atoms with Crippen molar-refractivity contribution in [3.63, 3.8) is 0 Å². The molecule has 0 aliphatic carbocycles. The van der Waals surface area contributed by atoms with Gasteiger partial charge in [0.1, 0.15) is 0 Å². The second-order valence-electron chi connectivity index (χ2n) is 7.40. The summed E-state index contributed by atoms with van der Waals surface area (Å²) in [6.07, 6.45) is -1.53. The Hall–Kier alpha value is -2.51. The summed E-state index contributed by atoms with van der Waals surface area (Å²) in [5.41, 5.74) is 0.835. The van der Waals surface area contributed by atoms with Crippen molar-refractivity contribution < 1.29 is 18.0 Å². The van der Waals surface area contributed by atoms with Crippen LogP contribution in [-0.4, -0.2) is 30.0 Å². The molecule has 4 rings (SSSR count). The van der Waals surface area contributed by atoms with Crippen LogP contribution < -0.4 is 10.2 Å². The van der Waals surface area contributed by atoms with Crippen molar-refractivity contribution in [1.29, 1.82) is 0 Å². The third-order valence-corrected chi connectivity index (χ3v) is 6.23. The molecule has 1 aliphatic heterocycles. The van der Waals surface area contributed by atoms with E-state index < -0.39 is 11.7 Å². The number of alkyl halides is 3. The van der Waals surface area contributed by atoms with Gasteiger partial charge in [0.05, 0.1) is 26.7 Å². The zero-order valence-corrected chi connectivity index (χ0v) is 17.7. The van der Waals surface area contributed by atoms with Crippen LogP contribution in [0.5, 0.6) is 0 Å². The minimum Gasteiger partial charge on any atom is -0.371 e. The van der Waals surface area contributed by atoms with Gasteiger partial charge in [-0.2, -0.15) is 13.2 Å². The number of hydrogen-bond donors (Lipinski definition) is 1. The molecule has 1 N–H and O–H groups in total. The van der Waals surface area contributed by atoms with Crippen LogP contribution in [0.25, 0.3) is 10.9 Å². The number of benzene rings is 2. The van der Waals surface area contributed by atoms with E-state index in [0.717, 1.165) is 12.1 Å². The Bertz CT molecular complexity index is 1130. The molecule has 2 heterocycles. The Kier molecular flexibility index (Phi) is 5.99. The summed E-state index contributed by atoms with van der Waals surface area (Å²) in [5.74, 6) is -0.296. The standard InChI is InChI=1S/C22H18Cl2F3N3O/c23-17-3-1-2-15(20(17)24)21(31)29-14-7-10-30(11-8-14)19-6-9-28-18-5-4-13(12-16(18)19)22(25,26)27/h1-6,9,12,14H,7-8,10-11H2,(H,29,31). The molecule has 4 nitrogen and oxygen atoms in total. The lowest BCUT2D eigenvalue weighted by atomic mass is 10.0. The van der Waals surface area contributed by atoms with Crippen LogP contribution >= 0.6 is 23.2 Å². The molecule has 0 saturated carbocycles. The van der Waals surface area contributed by atoms with Gasteiger partial charge in [-0.05, 0) is 49.2 Å². The number of halogens is 5. The van der Waals surface area contributed by atoms with Crippen LogP contribution in [0.3, 0.4) is 0 Å². The first-order valence-corrected chi connectivity index (χ1v) is 10.5.